The van der Waals surface area contributed by atoms with Crippen LogP contribution in [0.4, 0.5) is 0 Å². The van der Waals surface area contributed by atoms with Crippen molar-refractivity contribution in [1.29, 1.82) is 5.26 Å². The number of carbonyl (C=O) groups excluding carboxylic acids is 2. The lowest BCUT2D eigenvalue weighted by molar-refractivity contribution is -0.136. The van der Waals surface area contributed by atoms with Gasteiger partial charge < -0.3 is 14.8 Å². The lowest BCUT2D eigenvalue weighted by Crippen LogP contribution is -2.29. The summed E-state index contributed by atoms with van der Waals surface area (Å²) in [7, 11) is 1.33. The Morgan fingerprint density at radius 2 is 1.70 bits per heavy atom. The number of fused-ring (bicyclic) bond motifs is 2. The number of allylic oxidation sites excluding steroid dienone is 2. The first-order valence-electron chi connectivity index (χ1n) is 11.4. The Morgan fingerprint density at radius 1 is 1.05 bits per heavy atom. The first-order valence-corrected chi connectivity index (χ1v) is 13.0. The van der Waals surface area contributed by atoms with Gasteiger partial charge in [0.05, 0.1) is 39.0 Å². The van der Waals surface area contributed by atoms with Crippen LogP contribution in [0.15, 0.2) is 86.5 Å². The van der Waals surface area contributed by atoms with E-state index in [0.717, 1.165) is 16.7 Å². The maximum Gasteiger partial charge on any atom is 0.336 e. The van der Waals surface area contributed by atoms with E-state index in [1.165, 1.54) is 7.11 Å². The van der Waals surface area contributed by atoms with E-state index in [9.17, 15) is 14.9 Å². The summed E-state index contributed by atoms with van der Waals surface area (Å²) in [6, 6.07) is 20.5. The molecule has 0 fully saturated rings. The van der Waals surface area contributed by atoms with Gasteiger partial charge in [0.15, 0.2) is 5.78 Å². The average molecular weight is 620 g/mol. The van der Waals surface area contributed by atoms with Gasteiger partial charge in [0.1, 0.15) is 12.4 Å². The van der Waals surface area contributed by atoms with Gasteiger partial charge in [0, 0.05) is 33.9 Å². The second kappa shape index (κ2) is 10.0. The number of halogens is 2. The summed E-state index contributed by atoms with van der Waals surface area (Å²) < 4.78 is 12.5. The number of nitrogens with one attached hydrogen (secondary N) is 1. The summed E-state index contributed by atoms with van der Waals surface area (Å²) in [5.41, 5.74) is 5.64. The number of ether oxygens (including phenoxy) is 2. The predicted octanol–water partition coefficient (Wildman–Crippen LogP) is 6.40. The topological polar surface area (TPSA) is 88.4 Å². The van der Waals surface area contributed by atoms with Crippen molar-refractivity contribution in [3.05, 3.63) is 114 Å². The van der Waals surface area contributed by atoms with Gasteiger partial charge >= 0.3 is 5.97 Å². The van der Waals surface area contributed by atoms with Crippen molar-refractivity contribution >= 4 is 49.3 Å². The number of hydrogen-bond donors (Lipinski definition) is 1. The highest BCUT2D eigenvalue weighted by molar-refractivity contribution is 9.11. The van der Waals surface area contributed by atoms with Crippen molar-refractivity contribution in [1.82, 2.24) is 5.32 Å². The molecule has 0 amide bonds. The summed E-state index contributed by atoms with van der Waals surface area (Å²) in [6.07, 6.45) is 0. The van der Waals surface area contributed by atoms with Crippen molar-refractivity contribution < 1.29 is 19.1 Å². The molecule has 184 valence electrons. The van der Waals surface area contributed by atoms with E-state index in [2.05, 4.69) is 43.2 Å². The van der Waals surface area contributed by atoms with E-state index < -0.39 is 11.9 Å². The number of nitrogens with zero attached hydrogens (tertiary/aromatic N) is 1. The molecule has 1 atom stereocenters. The van der Waals surface area contributed by atoms with Gasteiger partial charge in [0.25, 0.3) is 0 Å². The summed E-state index contributed by atoms with van der Waals surface area (Å²) in [5.74, 6) is -0.741. The summed E-state index contributed by atoms with van der Waals surface area (Å²) in [4.78, 5) is 26.5. The highest BCUT2D eigenvalue weighted by atomic mass is 79.9. The lowest BCUT2D eigenvalue weighted by atomic mass is 9.80. The molecule has 3 aromatic carbocycles. The Labute approximate surface area is 230 Å². The van der Waals surface area contributed by atoms with Gasteiger partial charge in [-0.15, -0.1) is 0 Å². The minimum atomic E-state index is -0.649. The Morgan fingerprint density at radius 3 is 2.38 bits per heavy atom. The van der Waals surface area contributed by atoms with E-state index in [0.29, 0.717) is 48.4 Å². The van der Waals surface area contributed by atoms with E-state index in [-0.39, 0.29) is 12.4 Å². The molecule has 0 saturated heterocycles. The molecular formula is C29H20Br2N2O4. The number of benzene rings is 3. The fraction of sp³-hybridized carbons (Fsp3) is 0.138. The minimum Gasteiger partial charge on any atom is -0.486 e. The number of carbonyl (C=O) groups is 2. The van der Waals surface area contributed by atoms with Crippen molar-refractivity contribution in [2.24, 2.45) is 0 Å². The fourth-order valence-corrected chi connectivity index (χ4v) is 6.28. The molecule has 0 aromatic heterocycles. The summed E-state index contributed by atoms with van der Waals surface area (Å²) in [6.45, 7) is 2.01. The lowest BCUT2D eigenvalue weighted by Gasteiger charge is -2.29. The zero-order valence-electron chi connectivity index (χ0n) is 19.9. The van der Waals surface area contributed by atoms with Crippen LogP contribution in [0.1, 0.15) is 45.5 Å². The summed E-state index contributed by atoms with van der Waals surface area (Å²) >= 11 is 7.22. The highest BCUT2D eigenvalue weighted by Gasteiger charge is 2.43. The molecule has 6 nitrogen and oxygen atoms in total. The molecule has 3 aromatic rings. The normalized spacial score (nSPS) is 16.1. The smallest absolute Gasteiger partial charge is 0.336 e. The van der Waals surface area contributed by atoms with Crippen LogP contribution in [-0.2, 0) is 16.1 Å². The maximum atomic E-state index is 13.6. The van der Waals surface area contributed by atoms with Crippen LogP contribution in [0.2, 0.25) is 0 Å². The van der Waals surface area contributed by atoms with E-state index in [4.69, 9.17) is 9.47 Å². The van der Waals surface area contributed by atoms with Crippen LogP contribution in [0.3, 0.4) is 0 Å². The van der Waals surface area contributed by atoms with E-state index in [1.807, 2.05) is 55.5 Å². The monoisotopic (exact) mass is 618 g/mol. The number of rotatable bonds is 5. The minimum absolute atomic E-state index is 0.127. The zero-order chi connectivity index (χ0) is 26.3. The number of ketones is 1. The molecule has 0 bridgehead atoms. The summed E-state index contributed by atoms with van der Waals surface area (Å²) in [5, 5.41) is 12.7. The molecule has 1 aliphatic carbocycles. The third kappa shape index (κ3) is 4.28. The van der Waals surface area contributed by atoms with Gasteiger partial charge in [-0.1, -0.05) is 42.5 Å². The zero-order valence-corrected chi connectivity index (χ0v) is 23.1. The molecule has 0 radical (unpaired) electrons. The molecule has 0 unspecified atom stereocenters. The van der Waals surface area contributed by atoms with Gasteiger partial charge in [0.2, 0.25) is 0 Å². The molecule has 37 heavy (non-hydrogen) atoms. The molecule has 0 spiro atoms. The van der Waals surface area contributed by atoms with Crippen LogP contribution in [-0.4, -0.2) is 18.9 Å². The molecule has 1 heterocycles. The predicted molar refractivity (Wildman–Crippen MR) is 146 cm³/mol. The first-order chi connectivity index (χ1) is 17.8. The average Bonchev–Trinajstić information content (AvgIpc) is 3.18. The molecule has 2 aliphatic rings. The van der Waals surface area contributed by atoms with Crippen LogP contribution in [0.25, 0.3) is 5.70 Å². The van der Waals surface area contributed by atoms with Crippen molar-refractivity contribution in [3.8, 4) is 11.8 Å². The molecule has 1 aliphatic heterocycles. The number of methoxy groups -OCH3 is 1. The van der Waals surface area contributed by atoms with Crippen LogP contribution >= 0.6 is 31.9 Å². The Balaban J connectivity index is 1.58. The van der Waals surface area contributed by atoms with Crippen molar-refractivity contribution in [2.75, 3.05) is 7.11 Å². The maximum absolute atomic E-state index is 13.6. The number of Topliss-reactive ketones (excluding diaryl/α,β-unsaturated/α-hetero) is 1. The fourth-order valence-electron chi connectivity index (χ4n) is 4.83. The van der Waals surface area contributed by atoms with Gasteiger partial charge in [-0.25, -0.2) is 4.79 Å². The van der Waals surface area contributed by atoms with Gasteiger partial charge in [-0.3, -0.25) is 4.79 Å². The molecule has 1 N–H and O–H groups in total. The van der Waals surface area contributed by atoms with Crippen LogP contribution < -0.4 is 10.1 Å². The van der Waals surface area contributed by atoms with E-state index >= 15 is 0 Å². The number of dihydropyridines is 1. The Hall–Kier alpha value is -3.67. The van der Waals surface area contributed by atoms with Gasteiger partial charge in [-0.2, -0.15) is 5.26 Å². The van der Waals surface area contributed by atoms with Gasteiger partial charge in [-0.05, 0) is 62.5 Å². The van der Waals surface area contributed by atoms with Crippen LogP contribution in [0.5, 0.6) is 5.75 Å². The SMILES string of the molecule is COC(=O)C1=C(C)NC2=C(C(=O)c3ccccc32)[C@@H]1c1cc(Br)c(OCc2ccccc2C#N)c(Br)c1. The molecule has 5 rings (SSSR count). The number of esters is 1. The standard InChI is InChI=1S/C29H20Br2N2O4/c1-15-23(29(35)36-2)24(25-26(33-15)19-9-5-6-10-20(19)27(25)34)18-11-21(30)28(22(31)12-18)37-14-17-8-4-3-7-16(17)13-32/h3-12,24,33H,14H2,1-2H3/t24-/m1/s1. The second-order valence-electron chi connectivity index (χ2n) is 8.62. The molecular weight excluding hydrogens is 600 g/mol. The number of nitriles is 1. The van der Waals surface area contributed by atoms with Crippen molar-refractivity contribution in [2.45, 2.75) is 19.4 Å². The molecule has 0 saturated carbocycles. The second-order valence-corrected chi connectivity index (χ2v) is 10.3. The third-order valence-electron chi connectivity index (χ3n) is 6.52. The largest absolute Gasteiger partial charge is 0.486 e. The van der Waals surface area contributed by atoms with E-state index in [1.54, 1.807) is 12.1 Å². The number of hydrogen-bond acceptors (Lipinski definition) is 6. The Kier molecular flexibility index (Phi) is 6.76. The van der Waals surface area contributed by atoms with Crippen LogP contribution in [0, 0.1) is 11.3 Å². The Bertz CT molecular complexity index is 1560. The third-order valence-corrected chi connectivity index (χ3v) is 7.70. The highest BCUT2D eigenvalue weighted by Crippen LogP contribution is 2.48. The molecule has 8 heteroatoms. The quantitative estimate of drug-likeness (QED) is 0.332. The van der Waals surface area contributed by atoms with Crippen molar-refractivity contribution in [3.63, 3.8) is 0 Å². The first kappa shape index (κ1) is 25.0.